The lowest BCUT2D eigenvalue weighted by Gasteiger charge is -1.75. The fourth-order valence-corrected chi connectivity index (χ4v) is 0.386. The van der Waals surface area contributed by atoms with Gasteiger partial charge in [-0.1, -0.05) is 11.6 Å². The molecule has 3 heteroatoms. The van der Waals surface area contributed by atoms with Crippen LogP contribution in [-0.4, -0.2) is 9.97 Å². The van der Waals surface area contributed by atoms with Gasteiger partial charge in [-0.15, -0.1) is 0 Å². The molecule has 1 radical (unpaired) electrons. The van der Waals surface area contributed by atoms with E-state index in [0.29, 0.717) is 5.15 Å². The number of H-pyrrole nitrogens is 1. The summed E-state index contributed by atoms with van der Waals surface area (Å²) in [5.74, 6) is 0. The second-order valence-electron chi connectivity index (χ2n) is 1.26. The van der Waals surface area contributed by atoms with Crippen molar-refractivity contribution in [3.63, 3.8) is 0 Å². The van der Waals surface area contributed by atoms with Crippen LogP contribution in [0, 0.1) is 13.3 Å². The molecule has 1 N–H and O–H groups in total. The van der Waals surface area contributed by atoms with Crippen molar-refractivity contribution in [2.24, 2.45) is 0 Å². The van der Waals surface area contributed by atoms with Crippen LogP contribution in [0.25, 0.3) is 0 Å². The van der Waals surface area contributed by atoms with E-state index in [2.05, 4.69) is 16.3 Å². The van der Waals surface area contributed by atoms with Gasteiger partial charge in [0.2, 0.25) is 0 Å². The monoisotopic (exact) mass is 115 g/mol. The van der Waals surface area contributed by atoms with E-state index < -0.39 is 0 Å². The Morgan fingerprint density at radius 3 is 2.71 bits per heavy atom. The van der Waals surface area contributed by atoms with E-state index in [0.717, 1.165) is 5.69 Å². The van der Waals surface area contributed by atoms with Crippen LogP contribution in [0.4, 0.5) is 0 Å². The zero-order chi connectivity index (χ0) is 5.28. The van der Waals surface area contributed by atoms with Gasteiger partial charge in [0.1, 0.15) is 0 Å². The number of nitrogens with zero attached hydrogens (tertiary/aromatic N) is 1. The van der Waals surface area contributed by atoms with Crippen molar-refractivity contribution in [3.05, 3.63) is 17.2 Å². The van der Waals surface area contributed by atoms with Gasteiger partial charge in [-0.25, -0.2) is 4.98 Å². The molecule has 0 unspecified atom stereocenters. The summed E-state index contributed by atoms with van der Waals surface area (Å²) >= 11 is 5.45. The van der Waals surface area contributed by atoms with Crippen LogP contribution in [0.3, 0.4) is 0 Å². The molecule has 7 heavy (non-hydrogen) atoms. The van der Waals surface area contributed by atoms with Crippen LogP contribution < -0.4 is 0 Å². The largest absolute Gasteiger partial charge is 0.338 e. The van der Waals surface area contributed by atoms with Crippen molar-refractivity contribution in [2.45, 2.75) is 6.92 Å². The topological polar surface area (TPSA) is 28.7 Å². The zero-order valence-corrected chi connectivity index (χ0v) is 4.58. The maximum absolute atomic E-state index is 5.45. The molecule has 1 rings (SSSR count). The number of halogens is 1. The summed E-state index contributed by atoms with van der Waals surface area (Å²) in [4.78, 5) is 6.30. The molecule has 0 aromatic carbocycles. The van der Waals surface area contributed by atoms with E-state index in [9.17, 15) is 0 Å². The molecule has 0 atom stereocenters. The van der Waals surface area contributed by atoms with E-state index in [1.807, 2.05) is 6.92 Å². The Morgan fingerprint density at radius 2 is 2.57 bits per heavy atom. The molecular formula is C4H4ClN2. The van der Waals surface area contributed by atoms with Crippen molar-refractivity contribution < 1.29 is 0 Å². The maximum atomic E-state index is 5.45. The minimum absolute atomic E-state index is 0.500. The third kappa shape index (κ3) is 0.747. The van der Waals surface area contributed by atoms with Crippen LogP contribution in [-0.2, 0) is 0 Å². The zero-order valence-electron chi connectivity index (χ0n) is 3.83. The summed E-state index contributed by atoms with van der Waals surface area (Å²) in [5.41, 5.74) is 0.863. The van der Waals surface area contributed by atoms with Crippen molar-refractivity contribution in [2.75, 3.05) is 0 Å². The van der Waals surface area contributed by atoms with Crippen molar-refractivity contribution in [1.82, 2.24) is 9.97 Å². The molecule has 1 aromatic rings. The normalized spacial score (nSPS) is 9.43. The Morgan fingerprint density at radius 1 is 1.86 bits per heavy atom. The van der Waals surface area contributed by atoms with Gasteiger partial charge >= 0.3 is 0 Å². The van der Waals surface area contributed by atoms with Gasteiger partial charge in [0.25, 0.3) is 0 Å². The van der Waals surface area contributed by atoms with E-state index in [-0.39, 0.29) is 0 Å². The van der Waals surface area contributed by atoms with Gasteiger partial charge < -0.3 is 4.98 Å². The first-order valence-corrected chi connectivity index (χ1v) is 2.26. The number of hydrogen-bond acceptors (Lipinski definition) is 1. The first-order valence-electron chi connectivity index (χ1n) is 1.89. The smallest absolute Gasteiger partial charge is 0.175 e. The van der Waals surface area contributed by atoms with Gasteiger partial charge in [-0.3, -0.25) is 0 Å². The Hall–Kier alpha value is -0.500. The van der Waals surface area contributed by atoms with E-state index >= 15 is 0 Å². The first-order chi connectivity index (χ1) is 3.30. The van der Waals surface area contributed by atoms with Crippen molar-refractivity contribution >= 4 is 11.6 Å². The third-order valence-electron chi connectivity index (χ3n) is 0.707. The lowest BCUT2D eigenvalue weighted by Crippen LogP contribution is -1.65. The Balaban J connectivity index is 3.12. The molecule has 0 amide bonds. The number of imidazole rings is 1. The second-order valence-corrected chi connectivity index (χ2v) is 1.62. The molecule has 0 bridgehead atoms. The molecule has 0 saturated carbocycles. The second kappa shape index (κ2) is 1.54. The lowest BCUT2D eigenvalue weighted by atomic mass is 10.6. The minimum atomic E-state index is 0.500. The van der Waals surface area contributed by atoms with E-state index in [1.54, 1.807) is 0 Å². The molecule has 0 aliphatic rings. The fraction of sp³-hybridized carbons (Fsp3) is 0.250. The fourth-order valence-electron chi connectivity index (χ4n) is 0.296. The quantitative estimate of drug-likeness (QED) is 0.540. The molecule has 0 aliphatic heterocycles. The van der Waals surface area contributed by atoms with Crippen molar-refractivity contribution in [3.8, 4) is 0 Å². The van der Waals surface area contributed by atoms with Crippen LogP contribution in [0.15, 0.2) is 0 Å². The standard InChI is InChI=1S/C4H4ClN2/c1-3-4(5)7-2-6-3/h1H3,(H,6,7). The highest BCUT2D eigenvalue weighted by molar-refractivity contribution is 6.29. The number of aryl methyl sites for hydroxylation is 1. The number of aromatic amines is 1. The summed E-state index contributed by atoms with van der Waals surface area (Å²) in [6, 6.07) is 0. The molecule has 0 saturated heterocycles. The van der Waals surface area contributed by atoms with Gasteiger partial charge in [0, 0.05) is 0 Å². The minimum Gasteiger partial charge on any atom is -0.338 e. The molecule has 0 aliphatic carbocycles. The SMILES string of the molecule is Cc1[nH][c]nc1Cl. The summed E-state index contributed by atoms with van der Waals surface area (Å²) in [6.07, 6.45) is 2.49. The van der Waals surface area contributed by atoms with Crippen LogP contribution in [0.2, 0.25) is 5.15 Å². The number of rotatable bonds is 0. The summed E-state index contributed by atoms with van der Waals surface area (Å²) < 4.78 is 0. The summed E-state index contributed by atoms with van der Waals surface area (Å²) in [6.45, 7) is 1.84. The highest BCUT2D eigenvalue weighted by atomic mass is 35.5. The van der Waals surface area contributed by atoms with Crippen LogP contribution >= 0.6 is 11.6 Å². The number of nitrogens with one attached hydrogen (secondary N) is 1. The van der Waals surface area contributed by atoms with Gasteiger partial charge in [-0.05, 0) is 6.92 Å². The van der Waals surface area contributed by atoms with E-state index in [4.69, 9.17) is 11.6 Å². The molecule has 0 fully saturated rings. The molecule has 0 spiro atoms. The van der Waals surface area contributed by atoms with Gasteiger partial charge in [-0.2, -0.15) is 0 Å². The molecule has 1 heterocycles. The number of aromatic nitrogens is 2. The summed E-state index contributed by atoms with van der Waals surface area (Å²) in [5, 5.41) is 0.500. The molecule has 37 valence electrons. The average Bonchev–Trinajstić information content (AvgIpc) is 1.91. The Kier molecular flexibility index (Phi) is 1.02. The van der Waals surface area contributed by atoms with Crippen molar-refractivity contribution in [1.29, 1.82) is 0 Å². The first kappa shape index (κ1) is 4.65. The van der Waals surface area contributed by atoms with Gasteiger partial charge in [0.15, 0.2) is 11.5 Å². The number of hydrogen-bond donors (Lipinski definition) is 1. The average molecular weight is 116 g/mol. The summed E-state index contributed by atoms with van der Waals surface area (Å²) in [7, 11) is 0. The lowest BCUT2D eigenvalue weighted by molar-refractivity contribution is 1.24. The predicted octanol–water partition coefficient (Wildman–Crippen LogP) is 1.17. The molecule has 1 aromatic heterocycles. The van der Waals surface area contributed by atoms with E-state index in [1.165, 1.54) is 0 Å². The Labute approximate surface area is 46.5 Å². The van der Waals surface area contributed by atoms with Gasteiger partial charge in [0.05, 0.1) is 5.69 Å². The van der Waals surface area contributed by atoms with Crippen LogP contribution in [0.5, 0.6) is 0 Å². The molecular weight excluding hydrogens is 112 g/mol. The Bertz CT molecular complexity index is 142. The highest BCUT2D eigenvalue weighted by Crippen LogP contribution is 2.05. The predicted molar refractivity (Wildman–Crippen MR) is 27.2 cm³/mol. The highest BCUT2D eigenvalue weighted by Gasteiger charge is 1.91. The maximum Gasteiger partial charge on any atom is 0.175 e. The molecule has 2 nitrogen and oxygen atoms in total. The third-order valence-corrected chi connectivity index (χ3v) is 1.07. The van der Waals surface area contributed by atoms with Crippen LogP contribution in [0.1, 0.15) is 5.69 Å².